The van der Waals surface area contributed by atoms with Crippen LogP contribution in [-0.4, -0.2) is 61.6 Å². The number of hydrogen-bond donors (Lipinski definition) is 3. The van der Waals surface area contributed by atoms with E-state index in [0.717, 1.165) is 22.4 Å². The molecule has 0 fully saturated rings. The van der Waals surface area contributed by atoms with E-state index in [1.54, 1.807) is 0 Å². The van der Waals surface area contributed by atoms with Gasteiger partial charge in [-0.05, 0) is 64.4 Å². The molecule has 3 aromatic rings. The molecule has 8 nitrogen and oxygen atoms in total. The molecule has 0 spiro atoms. The van der Waals surface area contributed by atoms with Crippen LogP contribution < -0.4 is 9.47 Å². The first-order chi connectivity index (χ1) is 16.6. The lowest BCUT2D eigenvalue weighted by atomic mass is 9.77. The van der Waals surface area contributed by atoms with Gasteiger partial charge >= 0.3 is 0 Å². The van der Waals surface area contributed by atoms with E-state index < -0.39 is 12.2 Å². The van der Waals surface area contributed by atoms with Crippen LogP contribution in [0.2, 0.25) is 0 Å². The third-order valence-corrected chi connectivity index (χ3v) is 7.04. The fourth-order valence-corrected chi connectivity index (χ4v) is 4.25. The quantitative estimate of drug-likeness (QED) is 0.212. The summed E-state index contributed by atoms with van der Waals surface area (Å²) in [6.45, 7) is 6.51. The van der Waals surface area contributed by atoms with Crippen molar-refractivity contribution in [2.45, 2.75) is 51.5 Å². The molecule has 0 aliphatic heterocycles. The van der Waals surface area contributed by atoms with Gasteiger partial charge in [0.25, 0.3) is 0 Å². The molecule has 3 N–H and O–H groups in total. The molecule has 35 heavy (non-hydrogen) atoms. The van der Waals surface area contributed by atoms with Crippen molar-refractivity contribution in [3.63, 3.8) is 0 Å². The van der Waals surface area contributed by atoms with E-state index in [9.17, 15) is 15.3 Å². The highest BCUT2D eigenvalue weighted by atomic mass is 127. The second-order valence-corrected chi connectivity index (χ2v) is 10.2. The van der Waals surface area contributed by atoms with Crippen molar-refractivity contribution < 1.29 is 24.8 Å². The third kappa shape index (κ3) is 7.07. The summed E-state index contributed by atoms with van der Waals surface area (Å²) >= 11 is 7.63. The molecule has 1 aromatic heterocycles. The minimum Gasteiger partial charge on any atom is -0.491 e. The molecule has 0 amide bonds. The predicted octanol–water partition coefficient (Wildman–Crippen LogP) is 3.43. The SMILES string of the molecule is Cc1cc(C(C)(C)c2ccc(OC[C@@H](O)Cn3nnc(I)c3CO)cc2)ccc1OC[C@@H](O)CCl. The van der Waals surface area contributed by atoms with Crippen molar-refractivity contribution in [2.24, 2.45) is 0 Å². The molecule has 0 aliphatic carbocycles. The fraction of sp³-hybridized carbons (Fsp3) is 0.440. The van der Waals surface area contributed by atoms with Gasteiger partial charge in [0.1, 0.15) is 40.6 Å². The highest BCUT2D eigenvalue weighted by molar-refractivity contribution is 14.1. The Balaban J connectivity index is 1.61. The lowest BCUT2D eigenvalue weighted by Gasteiger charge is -2.27. The summed E-state index contributed by atoms with van der Waals surface area (Å²) in [7, 11) is 0. The minimum absolute atomic E-state index is 0.0864. The predicted molar refractivity (Wildman–Crippen MR) is 142 cm³/mol. The maximum absolute atomic E-state index is 10.3. The average molecular weight is 616 g/mol. The maximum Gasteiger partial charge on any atom is 0.149 e. The molecule has 3 rings (SSSR count). The number of halogens is 2. The van der Waals surface area contributed by atoms with Crippen LogP contribution in [0, 0.1) is 10.6 Å². The monoisotopic (exact) mass is 615 g/mol. The van der Waals surface area contributed by atoms with E-state index in [2.05, 4.69) is 30.2 Å². The highest BCUT2D eigenvalue weighted by Crippen LogP contribution is 2.34. The number of hydrogen-bond acceptors (Lipinski definition) is 7. The van der Waals surface area contributed by atoms with Crippen LogP contribution in [0.3, 0.4) is 0 Å². The summed E-state index contributed by atoms with van der Waals surface area (Å²) in [6.07, 6.45) is -1.50. The van der Waals surface area contributed by atoms with Crippen LogP contribution >= 0.6 is 34.2 Å². The highest BCUT2D eigenvalue weighted by Gasteiger charge is 2.24. The van der Waals surface area contributed by atoms with Crippen molar-refractivity contribution in [1.29, 1.82) is 0 Å². The Morgan fingerprint density at radius 1 is 1.03 bits per heavy atom. The molecule has 0 unspecified atom stereocenters. The second-order valence-electron chi connectivity index (χ2n) is 8.88. The van der Waals surface area contributed by atoms with Crippen LogP contribution in [0.1, 0.15) is 36.2 Å². The number of aliphatic hydroxyl groups excluding tert-OH is 3. The lowest BCUT2D eigenvalue weighted by molar-refractivity contribution is 0.0866. The van der Waals surface area contributed by atoms with Gasteiger partial charge in [0, 0.05) is 5.41 Å². The Kier molecular flexibility index (Phi) is 9.77. The van der Waals surface area contributed by atoms with Gasteiger partial charge in [0.05, 0.1) is 24.7 Å². The zero-order valence-electron chi connectivity index (χ0n) is 20.0. The standard InChI is InChI=1S/C25H31ClIN3O5/c1-16-10-18(6-9-23(16)35-14-19(32)11-26)25(2,3)17-4-7-21(8-5-17)34-15-20(33)12-30-22(13-31)24(27)28-29-30/h4-10,19-20,31-33H,11-15H2,1-3H3/t19-,20-/m0/s1. The maximum atomic E-state index is 10.3. The first-order valence-corrected chi connectivity index (χ1v) is 12.8. The molecule has 2 aromatic carbocycles. The lowest BCUT2D eigenvalue weighted by Crippen LogP contribution is -2.25. The molecular weight excluding hydrogens is 585 g/mol. The molecule has 0 bridgehead atoms. The Labute approximate surface area is 224 Å². The molecule has 0 radical (unpaired) electrons. The molecule has 1 heterocycles. The fourth-order valence-electron chi connectivity index (χ4n) is 3.61. The molecular formula is C25H31ClIN3O5. The van der Waals surface area contributed by atoms with Gasteiger partial charge in [-0.1, -0.05) is 43.3 Å². The summed E-state index contributed by atoms with van der Waals surface area (Å²) in [4.78, 5) is 0. The van der Waals surface area contributed by atoms with Crippen molar-refractivity contribution in [1.82, 2.24) is 15.0 Å². The van der Waals surface area contributed by atoms with Gasteiger partial charge in [0.15, 0.2) is 0 Å². The van der Waals surface area contributed by atoms with Crippen LogP contribution in [-0.2, 0) is 18.6 Å². The van der Waals surface area contributed by atoms with Gasteiger partial charge in [-0.15, -0.1) is 16.7 Å². The van der Waals surface area contributed by atoms with Crippen molar-refractivity contribution >= 4 is 34.2 Å². The third-order valence-electron chi connectivity index (χ3n) is 5.85. The van der Waals surface area contributed by atoms with E-state index in [1.165, 1.54) is 4.68 Å². The van der Waals surface area contributed by atoms with Crippen LogP contribution in [0.5, 0.6) is 11.5 Å². The summed E-state index contributed by atoms with van der Waals surface area (Å²) in [5, 5.41) is 37.2. The number of ether oxygens (including phenoxy) is 2. The van der Waals surface area contributed by atoms with Gasteiger partial charge in [-0.3, -0.25) is 0 Å². The average Bonchev–Trinajstić information content (AvgIpc) is 3.20. The Hall–Kier alpha value is -1.92. The molecule has 0 aliphatic rings. The first-order valence-electron chi connectivity index (χ1n) is 11.2. The van der Waals surface area contributed by atoms with E-state index in [4.69, 9.17) is 21.1 Å². The Morgan fingerprint density at radius 3 is 2.31 bits per heavy atom. The first kappa shape index (κ1) is 27.7. The summed E-state index contributed by atoms with van der Waals surface area (Å²) in [5.41, 5.74) is 3.53. The van der Waals surface area contributed by atoms with Crippen molar-refractivity contribution in [3.05, 3.63) is 68.5 Å². The summed E-state index contributed by atoms with van der Waals surface area (Å²) in [5.74, 6) is 1.51. The molecule has 0 saturated carbocycles. The van der Waals surface area contributed by atoms with E-state index in [0.29, 0.717) is 15.1 Å². The van der Waals surface area contributed by atoms with Crippen LogP contribution in [0.15, 0.2) is 42.5 Å². The zero-order chi connectivity index (χ0) is 25.6. The summed E-state index contributed by atoms with van der Waals surface area (Å²) in [6, 6.07) is 13.9. The normalized spacial score (nSPS) is 13.5. The zero-order valence-corrected chi connectivity index (χ0v) is 22.9. The van der Waals surface area contributed by atoms with Gasteiger partial charge in [-0.25, -0.2) is 4.68 Å². The Morgan fingerprint density at radius 2 is 1.69 bits per heavy atom. The van der Waals surface area contributed by atoms with E-state index >= 15 is 0 Å². The van der Waals surface area contributed by atoms with Gasteiger partial charge in [0.2, 0.25) is 0 Å². The van der Waals surface area contributed by atoms with Crippen LogP contribution in [0.25, 0.3) is 0 Å². The smallest absolute Gasteiger partial charge is 0.149 e. The number of benzene rings is 2. The van der Waals surface area contributed by atoms with Crippen molar-refractivity contribution in [2.75, 3.05) is 19.1 Å². The Bertz CT molecular complexity index is 1110. The number of aryl methyl sites for hydroxylation is 1. The van der Waals surface area contributed by atoms with Gasteiger partial charge < -0.3 is 24.8 Å². The van der Waals surface area contributed by atoms with E-state index in [-0.39, 0.29) is 37.7 Å². The molecule has 0 saturated heterocycles. The second kappa shape index (κ2) is 12.4. The van der Waals surface area contributed by atoms with Crippen molar-refractivity contribution in [3.8, 4) is 11.5 Å². The molecule has 2 atom stereocenters. The van der Waals surface area contributed by atoms with Gasteiger partial charge in [-0.2, -0.15) is 0 Å². The number of rotatable bonds is 12. The topological polar surface area (TPSA) is 110 Å². The number of nitrogens with zero attached hydrogens (tertiary/aromatic N) is 3. The molecule has 190 valence electrons. The largest absolute Gasteiger partial charge is 0.491 e. The number of alkyl halides is 1. The van der Waals surface area contributed by atoms with Crippen LogP contribution in [0.4, 0.5) is 0 Å². The number of aliphatic hydroxyl groups is 3. The number of aromatic nitrogens is 3. The summed E-state index contributed by atoms with van der Waals surface area (Å²) < 4.78 is 13.5. The van der Waals surface area contributed by atoms with E-state index in [1.807, 2.05) is 65.9 Å². The minimum atomic E-state index is -0.803. The molecule has 10 heteroatoms.